The third-order valence-corrected chi connectivity index (χ3v) is 4.84. The summed E-state index contributed by atoms with van der Waals surface area (Å²) in [6.07, 6.45) is 5.95. The zero-order valence-corrected chi connectivity index (χ0v) is 15.6. The Morgan fingerprint density at radius 3 is 2.85 bits per heavy atom. The number of hydrogen-bond donors (Lipinski definition) is 2. The van der Waals surface area contributed by atoms with Gasteiger partial charge in [0.05, 0.1) is 6.04 Å². The first-order valence-corrected chi connectivity index (χ1v) is 9.45. The second kappa shape index (κ2) is 8.80. The van der Waals surface area contributed by atoms with Gasteiger partial charge in [-0.15, -0.1) is 0 Å². The molecule has 1 atom stereocenters. The molecule has 0 radical (unpaired) electrons. The van der Waals surface area contributed by atoms with Crippen molar-refractivity contribution < 1.29 is 4.79 Å². The van der Waals surface area contributed by atoms with Crippen LogP contribution < -0.4 is 15.5 Å². The van der Waals surface area contributed by atoms with Gasteiger partial charge in [-0.05, 0) is 50.9 Å². The van der Waals surface area contributed by atoms with Crippen molar-refractivity contribution in [1.29, 1.82) is 0 Å². The van der Waals surface area contributed by atoms with E-state index < -0.39 is 0 Å². The highest BCUT2D eigenvalue weighted by Gasteiger charge is 2.17. The van der Waals surface area contributed by atoms with Crippen molar-refractivity contribution >= 4 is 11.7 Å². The minimum Gasteiger partial charge on any atom is -0.357 e. The fourth-order valence-corrected chi connectivity index (χ4v) is 3.25. The molecule has 0 saturated carbocycles. The topological polar surface area (TPSA) is 75.1 Å². The van der Waals surface area contributed by atoms with Crippen molar-refractivity contribution in [2.45, 2.75) is 39.3 Å². The van der Waals surface area contributed by atoms with E-state index in [0.29, 0.717) is 18.3 Å². The third kappa shape index (κ3) is 4.40. The van der Waals surface area contributed by atoms with Crippen LogP contribution in [0.3, 0.4) is 0 Å². The Labute approximate surface area is 154 Å². The van der Waals surface area contributed by atoms with E-state index in [9.17, 15) is 4.79 Å². The van der Waals surface area contributed by atoms with Gasteiger partial charge in [0.15, 0.2) is 0 Å². The van der Waals surface area contributed by atoms with Gasteiger partial charge in [0.25, 0.3) is 5.91 Å². The molecule has 7 nitrogen and oxygen atoms in total. The largest absolute Gasteiger partial charge is 0.357 e. The summed E-state index contributed by atoms with van der Waals surface area (Å²) in [4.78, 5) is 19.0. The summed E-state index contributed by atoms with van der Waals surface area (Å²) in [5.74, 6) is 0.810. The molecule has 1 fully saturated rings. The highest BCUT2D eigenvalue weighted by molar-refractivity contribution is 5.92. The van der Waals surface area contributed by atoms with E-state index in [1.165, 1.54) is 0 Å². The van der Waals surface area contributed by atoms with Crippen molar-refractivity contribution in [3.8, 4) is 0 Å². The molecule has 7 heteroatoms. The number of amides is 1. The smallest absolute Gasteiger partial charge is 0.272 e. The molecule has 26 heavy (non-hydrogen) atoms. The van der Waals surface area contributed by atoms with Gasteiger partial charge in [-0.3, -0.25) is 9.48 Å². The Morgan fingerprint density at radius 1 is 1.35 bits per heavy atom. The van der Waals surface area contributed by atoms with Crippen LogP contribution in [0.25, 0.3) is 0 Å². The second-order valence-corrected chi connectivity index (χ2v) is 6.56. The van der Waals surface area contributed by atoms with Crippen molar-refractivity contribution in [1.82, 2.24) is 25.4 Å². The van der Waals surface area contributed by atoms with Crippen molar-refractivity contribution in [2.24, 2.45) is 0 Å². The Hall–Kier alpha value is -2.41. The van der Waals surface area contributed by atoms with Gasteiger partial charge in [-0.2, -0.15) is 5.10 Å². The van der Waals surface area contributed by atoms with Crippen molar-refractivity contribution in [2.75, 3.05) is 31.1 Å². The third-order valence-electron chi connectivity index (χ3n) is 4.84. The zero-order chi connectivity index (χ0) is 18.4. The molecule has 3 rings (SSSR count). The van der Waals surface area contributed by atoms with Crippen LogP contribution in [0.5, 0.6) is 0 Å². The molecule has 2 N–H and O–H groups in total. The fraction of sp³-hybridized carbons (Fsp3) is 0.526. The molecule has 1 amide bonds. The lowest BCUT2D eigenvalue weighted by atomic mass is 10.1. The number of nitrogens with one attached hydrogen (secondary N) is 2. The van der Waals surface area contributed by atoms with E-state index in [0.717, 1.165) is 50.4 Å². The number of carbonyl (C=O) groups excluding carboxylic acids is 1. The summed E-state index contributed by atoms with van der Waals surface area (Å²) < 4.78 is 1.90. The maximum absolute atomic E-state index is 12.4. The Kier molecular flexibility index (Phi) is 6.22. The van der Waals surface area contributed by atoms with Gasteiger partial charge in [-0.1, -0.05) is 6.07 Å². The molecule has 1 aliphatic heterocycles. The average Bonchev–Trinajstić information content (AvgIpc) is 3.19. The van der Waals surface area contributed by atoms with E-state index in [1.54, 1.807) is 6.07 Å². The summed E-state index contributed by atoms with van der Waals surface area (Å²) in [5.41, 5.74) is 1.44. The molecule has 2 aromatic rings. The summed E-state index contributed by atoms with van der Waals surface area (Å²) in [6, 6.07) is 6.13. The van der Waals surface area contributed by atoms with Crippen LogP contribution >= 0.6 is 0 Å². The predicted octanol–water partition coefficient (Wildman–Crippen LogP) is 1.98. The molecular weight excluding hydrogens is 328 g/mol. The number of nitrogens with zero attached hydrogens (tertiary/aromatic N) is 4. The van der Waals surface area contributed by atoms with Gasteiger partial charge < -0.3 is 15.5 Å². The number of anilines is 1. The first-order chi connectivity index (χ1) is 12.7. The van der Waals surface area contributed by atoms with Crippen molar-refractivity contribution in [3.05, 3.63) is 41.9 Å². The lowest BCUT2D eigenvalue weighted by molar-refractivity contribution is 0.0944. The van der Waals surface area contributed by atoms with Crippen LogP contribution in [0.1, 0.15) is 48.8 Å². The minimum absolute atomic E-state index is 0.152. The molecule has 140 valence electrons. The molecule has 0 spiro atoms. The van der Waals surface area contributed by atoms with Gasteiger partial charge in [-0.25, -0.2) is 4.98 Å². The Balaban J connectivity index is 1.54. The number of hydrogen-bond acceptors (Lipinski definition) is 5. The lowest BCUT2D eigenvalue weighted by Gasteiger charge is -2.22. The highest BCUT2D eigenvalue weighted by atomic mass is 16.1. The van der Waals surface area contributed by atoms with Crippen LogP contribution in [0, 0.1) is 0 Å². The molecule has 0 aliphatic carbocycles. The number of rotatable bonds is 7. The number of piperidine rings is 1. The minimum atomic E-state index is -0.152. The number of carbonyl (C=O) groups is 1. The lowest BCUT2D eigenvalue weighted by Crippen LogP contribution is -2.32. The number of pyridine rings is 1. The SMILES string of the molecule is CCN(CC)c1ccc(CNC(=O)c2ccn(C3CCCNC3)n2)cn1. The number of aromatic nitrogens is 3. The molecule has 0 bridgehead atoms. The van der Waals surface area contributed by atoms with Crippen LogP contribution in [-0.4, -0.2) is 46.9 Å². The monoisotopic (exact) mass is 356 g/mol. The standard InChI is InChI=1S/C19H28N6O/c1-3-24(4-2)18-8-7-15(12-21-18)13-22-19(26)17-9-11-25(23-17)16-6-5-10-20-14-16/h7-9,11-12,16,20H,3-6,10,13-14H2,1-2H3,(H,22,26). The zero-order valence-electron chi connectivity index (χ0n) is 15.6. The van der Waals surface area contributed by atoms with Gasteiger partial charge in [0.2, 0.25) is 0 Å². The van der Waals surface area contributed by atoms with E-state index >= 15 is 0 Å². The van der Waals surface area contributed by atoms with Gasteiger partial charge >= 0.3 is 0 Å². The summed E-state index contributed by atoms with van der Waals surface area (Å²) in [7, 11) is 0. The fourth-order valence-electron chi connectivity index (χ4n) is 3.25. The van der Waals surface area contributed by atoms with E-state index in [4.69, 9.17) is 0 Å². The molecule has 3 heterocycles. The quantitative estimate of drug-likeness (QED) is 0.793. The van der Waals surface area contributed by atoms with Gasteiger partial charge in [0.1, 0.15) is 11.5 Å². The highest BCUT2D eigenvalue weighted by Crippen LogP contribution is 2.16. The molecule has 1 saturated heterocycles. The van der Waals surface area contributed by atoms with E-state index in [1.807, 2.05) is 29.2 Å². The van der Waals surface area contributed by atoms with Crippen LogP contribution in [-0.2, 0) is 6.54 Å². The maximum Gasteiger partial charge on any atom is 0.272 e. The van der Waals surface area contributed by atoms with Crippen molar-refractivity contribution in [3.63, 3.8) is 0 Å². The van der Waals surface area contributed by atoms with E-state index in [2.05, 4.69) is 39.5 Å². The first-order valence-electron chi connectivity index (χ1n) is 9.45. The molecule has 2 aromatic heterocycles. The summed E-state index contributed by atoms with van der Waals surface area (Å²) in [5, 5.41) is 10.7. The van der Waals surface area contributed by atoms with E-state index in [-0.39, 0.29) is 5.91 Å². The first kappa shape index (κ1) is 18.4. The normalized spacial score (nSPS) is 17.1. The second-order valence-electron chi connectivity index (χ2n) is 6.56. The maximum atomic E-state index is 12.4. The summed E-state index contributed by atoms with van der Waals surface area (Å²) >= 11 is 0. The predicted molar refractivity (Wildman–Crippen MR) is 102 cm³/mol. The van der Waals surface area contributed by atoms with Crippen LogP contribution in [0.15, 0.2) is 30.6 Å². The average molecular weight is 356 g/mol. The molecular formula is C19H28N6O. The van der Waals surface area contributed by atoms with Gasteiger partial charge in [0, 0.05) is 38.6 Å². The molecule has 1 aliphatic rings. The molecule has 0 aromatic carbocycles. The Bertz CT molecular complexity index is 701. The Morgan fingerprint density at radius 2 is 2.19 bits per heavy atom. The summed E-state index contributed by atoms with van der Waals surface area (Å²) in [6.45, 7) is 8.50. The molecule has 1 unspecified atom stereocenters. The van der Waals surface area contributed by atoms with Crippen LogP contribution in [0.4, 0.5) is 5.82 Å². The van der Waals surface area contributed by atoms with Crippen LogP contribution in [0.2, 0.25) is 0 Å².